The van der Waals surface area contributed by atoms with Gasteiger partial charge in [-0.15, -0.1) is 11.3 Å². The van der Waals surface area contributed by atoms with Gasteiger partial charge in [0, 0.05) is 10.9 Å². The summed E-state index contributed by atoms with van der Waals surface area (Å²) in [6.45, 7) is 2.22. The van der Waals surface area contributed by atoms with E-state index >= 15 is 0 Å². The molecule has 1 aromatic heterocycles. The van der Waals surface area contributed by atoms with Gasteiger partial charge in [0.25, 0.3) is 5.91 Å². The number of anilines is 1. The summed E-state index contributed by atoms with van der Waals surface area (Å²) < 4.78 is 10.5. The van der Waals surface area contributed by atoms with E-state index in [-0.39, 0.29) is 5.91 Å². The summed E-state index contributed by atoms with van der Waals surface area (Å²) in [6.07, 6.45) is 2.95. The van der Waals surface area contributed by atoms with Crippen molar-refractivity contribution >= 4 is 22.2 Å². The Hall–Kier alpha value is -2.52. The number of amides is 1. The highest BCUT2D eigenvalue weighted by Crippen LogP contribution is 2.39. The van der Waals surface area contributed by atoms with Crippen molar-refractivity contribution in [3.05, 3.63) is 39.8 Å². The predicted molar refractivity (Wildman–Crippen MR) is 97.7 cm³/mol. The number of rotatable bonds is 4. The third kappa shape index (κ3) is 3.33. The van der Waals surface area contributed by atoms with Crippen LogP contribution in [0, 0.1) is 17.2 Å². The Balaban J connectivity index is 1.91. The average molecular weight is 356 g/mol. The van der Waals surface area contributed by atoms with Gasteiger partial charge in [-0.2, -0.15) is 5.26 Å². The number of methoxy groups -OCH3 is 2. The van der Waals surface area contributed by atoms with Gasteiger partial charge in [0.05, 0.1) is 25.3 Å². The number of nitrogens with one attached hydrogen (secondary N) is 1. The number of fused-ring (bicyclic) bond motifs is 1. The molecule has 0 unspecified atom stereocenters. The van der Waals surface area contributed by atoms with E-state index in [9.17, 15) is 10.1 Å². The Kier molecular flexibility index (Phi) is 4.95. The van der Waals surface area contributed by atoms with Crippen LogP contribution < -0.4 is 14.8 Å². The second-order valence-electron chi connectivity index (χ2n) is 6.19. The van der Waals surface area contributed by atoms with Gasteiger partial charge in [-0.05, 0) is 42.9 Å². The van der Waals surface area contributed by atoms with E-state index in [0.717, 1.165) is 24.8 Å². The number of hydrogen-bond acceptors (Lipinski definition) is 5. The molecule has 1 atom stereocenters. The lowest BCUT2D eigenvalue weighted by Crippen LogP contribution is -2.13. The molecule has 0 saturated carbocycles. The van der Waals surface area contributed by atoms with Crippen molar-refractivity contribution < 1.29 is 14.3 Å². The number of nitriles is 1. The first kappa shape index (κ1) is 17.3. The van der Waals surface area contributed by atoms with Crippen LogP contribution in [-0.2, 0) is 12.8 Å². The zero-order valence-corrected chi connectivity index (χ0v) is 15.3. The summed E-state index contributed by atoms with van der Waals surface area (Å²) in [5.74, 6) is 1.38. The highest BCUT2D eigenvalue weighted by atomic mass is 32.1. The fraction of sp³-hybridized carbons (Fsp3) is 0.368. The Bertz CT molecular complexity index is 851. The molecular formula is C19H20N2O3S. The Labute approximate surface area is 151 Å². The Morgan fingerprint density at radius 1 is 1.36 bits per heavy atom. The molecule has 1 heterocycles. The van der Waals surface area contributed by atoms with Crippen LogP contribution in [0.3, 0.4) is 0 Å². The van der Waals surface area contributed by atoms with E-state index < -0.39 is 0 Å². The van der Waals surface area contributed by atoms with Gasteiger partial charge in [0.15, 0.2) is 0 Å². The lowest BCUT2D eigenvalue weighted by Gasteiger charge is -2.17. The summed E-state index contributed by atoms with van der Waals surface area (Å²) in [7, 11) is 3.07. The van der Waals surface area contributed by atoms with Crippen LogP contribution in [-0.4, -0.2) is 20.1 Å². The molecule has 0 spiro atoms. The van der Waals surface area contributed by atoms with Crippen LogP contribution in [0.25, 0.3) is 0 Å². The third-order valence-electron chi connectivity index (χ3n) is 4.50. The molecule has 5 nitrogen and oxygen atoms in total. The summed E-state index contributed by atoms with van der Waals surface area (Å²) in [4.78, 5) is 13.9. The van der Waals surface area contributed by atoms with Gasteiger partial charge in [0.1, 0.15) is 22.6 Å². The van der Waals surface area contributed by atoms with Gasteiger partial charge in [-0.3, -0.25) is 4.79 Å². The Morgan fingerprint density at radius 2 is 2.16 bits per heavy atom. The maximum Gasteiger partial charge on any atom is 0.260 e. The Morgan fingerprint density at radius 3 is 2.84 bits per heavy atom. The van der Waals surface area contributed by atoms with E-state index in [2.05, 4.69) is 18.3 Å². The van der Waals surface area contributed by atoms with Gasteiger partial charge >= 0.3 is 0 Å². The molecule has 0 bridgehead atoms. The van der Waals surface area contributed by atoms with Crippen LogP contribution in [0.15, 0.2) is 18.2 Å². The van der Waals surface area contributed by atoms with Gasteiger partial charge in [-0.1, -0.05) is 6.92 Å². The summed E-state index contributed by atoms with van der Waals surface area (Å²) in [5, 5.41) is 13.1. The van der Waals surface area contributed by atoms with Crippen molar-refractivity contribution in [1.29, 1.82) is 5.26 Å². The third-order valence-corrected chi connectivity index (χ3v) is 5.67. The predicted octanol–water partition coefficient (Wildman–Crippen LogP) is 4.01. The molecule has 2 aromatic rings. The van der Waals surface area contributed by atoms with Gasteiger partial charge < -0.3 is 14.8 Å². The van der Waals surface area contributed by atoms with Crippen LogP contribution in [0.5, 0.6) is 11.5 Å². The standard InChI is InChI=1S/C19H20N2O3S/c1-11-4-6-13-15(10-20)19(25-17(13)8-11)21-18(22)14-7-5-12(23-2)9-16(14)24-3/h5,7,9,11H,4,6,8H2,1-3H3,(H,21,22)/t11-/m1/s1. The SMILES string of the molecule is COc1ccc(C(=O)Nc2sc3c(c2C#N)CC[C@@H](C)C3)c(OC)c1. The maximum atomic E-state index is 12.7. The number of ether oxygens (including phenoxy) is 2. The van der Waals surface area contributed by atoms with Crippen LogP contribution in [0.2, 0.25) is 0 Å². The van der Waals surface area contributed by atoms with Crippen molar-refractivity contribution in [3.8, 4) is 17.6 Å². The van der Waals surface area contributed by atoms with E-state index in [0.29, 0.717) is 33.5 Å². The number of hydrogen-bond donors (Lipinski definition) is 1. The van der Waals surface area contributed by atoms with E-state index in [4.69, 9.17) is 9.47 Å². The summed E-state index contributed by atoms with van der Waals surface area (Å²) in [6, 6.07) is 7.31. The van der Waals surface area contributed by atoms with Gasteiger partial charge in [0.2, 0.25) is 0 Å². The first-order valence-electron chi connectivity index (χ1n) is 8.15. The number of carbonyl (C=O) groups excluding carboxylic acids is 1. The quantitative estimate of drug-likeness (QED) is 0.898. The molecular weight excluding hydrogens is 336 g/mol. The highest BCUT2D eigenvalue weighted by molar-refractivity contribution is 7.16. The molecule has 0 radical (unpaired) electrons. The molecule has 130 valence electrons. The lowest BCUT2D eigenvalue weighted by atomic mass is 9.88. The van der Waals surface area contributed by atoms with Crippen molar-refractivity contribution in [3.63, 3.8) is 0 Å². The number of nitrogens with zero attached hydrogens (tertiary/aromatic N) is 1. The molecule has 1 aliphatic rings. The molecule has 0 saturated heterocycles. The smallest absolute Gasteiger partial charge is 0.260 e. The second kappa shape index (κ2) is 7.16. The average Bonchev–Trinajstić information content (AvgIpc) is 2.96. The number of carbonyl (C=O) groups is 1. The van der Waals surface area contributed by atoms with Crippen LogP contribution in [0.1, 0.15) is 39.7 Å². The molecule has 1 aliphatic carbocycles. The van der Waals surface area contributed by atoms with E-state index in [1.54, 1.807) is 25.3 Å². The molecule has 3 rings (SSSR count). The van der Waals surface area contributed by atoms with Gasteiger partial charge in [-0.25, -0.2) is 0 Å². The maximum absolute atomic E-state index is 12.7. The molecule has 0 aliphatic heterocycles. The fourth-order valence-corrected chi connectivity index (χ4v) is 4.47. The number of benzene rings is 1. The van der Waals surface area contributed by atoms with Crippen LogP contribution >= 0.6 is 11.3 Å². The van der Waals surface area contributed by atoms with Crippen LogP contribution in [0.4, 0.5) is 5.00 Å². The number of thiophene rings is 1. The normalized spacial score (nSPS) is 15.8. The van der Waals surface area contributed by atoms with Crippen molar-refractivity contribution in [2.45, 2.75) is 26.2 Å². The van der Waals surface area contributed by atoms with Crippen molar-refractivity contribution in [2.75, 3.05) is 19.5 Å². The largest absolute Gasteiger partial charge is 0.497 e. The van der Waals surface area contributed by atoms with E-state index in [1.165, 1.54) is 23.3 Å². The second-order valence-corrected chi connectivity index (χ2v) is 7.29. The monoisotopic (exact) mass is 356 g/mol. The van der Waals surface area contributed by atoms with Crippen molar-refractivity contribution in [1.82, 2.24) is 0 Å². The molecule has 1 N–H and O–H groups in total. The van der Waals surface area contributed by atoms with E-state index in [1.807, 2.05) is 0 Å². The lowest BCUT2D eigenvalue weighted by molar-refractivity contribution is 0.102. The van der Waals surface area contributed by atoms with Crippen molar-refractivity contribution in [2.24, 2.45) is 5.92 Å². The molecule has 25 heavy (non-hydrogen) atoms. The summed E-state index contributed by atoms with van der Waals surface area (Å²) >= 11 is 1.51. The first-order valence-corrected chi connectivity index (χ1v) is 8.97. The first-order chi connectivity index (χ1) is 12.1. The topological polar surface area (TPSA) is 71.3 Å². The molecule has 1 amide bonds. The minimum atomic E-state index is -0.289. The highest BCUT2D eigenvalue weighted by Gasteiger charge is 2.25. The molecule has 1 aromatic carbocycles. The minimum Gasteiger partial charge on any atom is -0.497 e. The molecule has 6 heteroatoms. The minimum absolute atomic E-state index is 0.289. The fourth-order valence-electron chi connectivity index (χ4n) is 3.11. The summed E-state index contributed by atoms with van der Waals surface area (Å²) in [5.41, 5.74) is 2.11. The zero-order chi connectivity index (χ0) is 18.0. The zero-order valence-electron chi connectivity index (χ0n) is 14.5. The molecule has 0 fully saturated rings.